The highest BCUT2D eigenvalue weighted by atomic mass is 35.5. The lowest BCUT2D eigenvalue weighted by Crippen LogP contribution is -2.43. The topological polar surface area (TPSA) is 140 Å². The van der Waals surface area contributed by atoms with E-state index < -0.39 is 47.6 Å². The molecule has 3 heterocycles. The summed E-state index contributed by atoms with van der Waals surface area (Å²) in [4.78, 5) is 56.9. The molecule has 5 rings (SSSR count). The van der Waals surface area contributed by atoms with Gasteiger partial charge in [-0.15, -0.1) is 0 Å². The number of aromatic nitrogens is 3. The number of nitrogens with zero attached hydrogens (tertiary/aromatic N) is 4. The van der Waals surface area contributed by atoms with Gasteiger partial charge in [0.15, 0.2) is 22.3 Å². The lowest BCUT2D eigenvalue weighted by atomic mass is 9.96. The minimum absolute atomic E-state index is 0. The van der Waals surface area contributed by atoms with Crippen molar-refractivity contribution in [2.24, 2.45) is 11.1 Å². The summed E-state index contributed by atoms with van der Waals surface area (Å²) in [7, 11) is 0. The second kappa shape index (κ2) is 13.0. The number of carbonyl (C=O) groups is 4. The van der Waals surface area contributed by atoms with E-state index in [2.05, 4.69) is 15.4 Å². The molecular formula is C31H33ClF2N6O4S. The Morgan fingerprint density at radius 1 is 1.11 bits per heavy atom. The maximum absolute atomic E-state index is 15.5. The summed E-state index contributed by atoms with van der Waals surface area (Å²) in [6.07, 6.45) is -2.08. The van der Waals surface area contributed by atoms with Crippen LogP contribution in [0.3, 0.4) is 0 Å². The van der Waals surface area contributed by atoms with Crippen LogP contribution in [-0.2, 0) is 27.3 Å². The number of carbonyl (C=O) groups excluding carboxylic acids is 4. The fraction of sp³-hybridized carbons (Fsp3) is 0.355. The van der Waals surface area contributed by atoms with Gasteiger partial charge in [0, 0.05) is 34.4 Å². The highest BCUT2D eigenvalue weighted by molar-refractivity contribution is 7.22. The zero-order chi connectivity index (χ0) is 31.9. The quantitative estimate of drug-likeness (QED) is 0.259. The number of nitrogens with one attached hydrogen (secondary N) is 1. The highest BCUT2D eigenvalue weighted by Gasteiger charge is 2.40. The molecule has 3 amide bonds. The first-order valence-corrected chi connectivity index (χ1v) is 14.9. The molecule has 3 N–H and O–H groups in total. The molecule has 2 aromatic heterocycles. The number of Topliss-reactive ketones (excluding diaryl/α,β-unsaturated/α-hetero) is 1. The standard InChI is InChI=1S/C30H29ClF2N6O4S.CH4/c1-30(2,3)28(43)36-29-35-27-25(44-29)24(26(34)42)37-39(27)14-22(41)38-13-16(32)12-20(38)21(40)11-15-7-6-9-18(23(15)33)17-8-4-5-10-19(17)31;/h4-10,16,20H,11-14H2,1-3H3,(H2,34,42)(H,35,36,43);1H4/t16-,20+;/m1./s1. The second-order valence-electron chi connectivity index (χ2n) is 11.5. The van der Waals surface area contributed by atoms with E-state index in [4.69, 9.17) is 17.3 Å². The van der Waals surface area contributed by atoms with Crippen LogP contribution in [0.15, 0.2) is 42.5 Å². The molecule has 1 aliphatic rings. The molecule has 14 heteroatoms. The summed E-state index contributed by atoms with van der Waals surface area (Å²) in [6.45, 7) is 4.35. The summed E-state index contributed by atoms with van der Waals surface area (Å²) in [5.41, 5.74) is 5.53. The number of anilines is 1. The first-order valence-electron chi connectivity index (χ1n) is 13.7. The average molecular weight is 659 g/mol. The van der Waals surface area contributed by atoms with Gasteiger partial charge < -0.3 is 16.0 Å². The molecule has 2 aromatic carbocycles. The van der Waals surface area contributed by atoms with Crippen LogP contribution in [0.4, 0.5) is 13.9 Å². The average Bonchev–Trinajstić information content (AvgIpc) is 3.63. The predicted octanol–water partition coefficient (Wildman–Crippen LogP) is 5.42. The summed E-state index contributed by atoms with van der Waals surface area (Å²) in [5.74, 6) is -2.98. The van der Waals surface area contributed by atoms with Gasteiger partial charge in [-0.25, -0.2) is 13.5 Å². The van der Waals surface area contributed by atoms with Gasteiger partial charge in [0.1, 0.15) is 23.2 Å². The predicted molar refractivity (Wildman–Crippen MR) is 169 cm³/mol. The van der Waals surface area contributed by atoms with Gasteiger partial charge >= 0.3 is 0 Å². The number of halogens is 3. The Kier molecular flexibility index (Phi) is 9.74. The van der Waals surface area contributed by atoms with Crippen molar-refractivity contribution in [3.8, 4) is 11.1 Å². The van der Waals surface area contributed by atoms with Gasteiger partial charge in [-0.2, -0.15) is 10.1 Å². The van der Waals surface area contributed by atoms with Crippen molar-refractivity contribution >= 4 is 61.9 Å². The van der Waals surface area contributed by atoms with Crippen molar-refractivity contribution < 1.29 is 28.0 Å². The summed E-state index contributed by atoms with van der Waals surface area (Å²) in [6, 6.07) is 10.2. The lowest BCUT2D eigenvalue weighted by molar-refractivity contribution is -0.138. The summed E-state index contributed by atoms with van der Waals surface area (Å²) in [5, 5.41) is 7.34. The third kappa shape index (κ3) is 6.89. The van der Waals surface area contributed by atoms with Crippen LogP contribution in [0.5, 0.6) is 0 Å². The van der Waals surface area contributed by atoms with Crippen LogP contribution < -0.4 is 11.1 Å². The number of rotatable bonds is 8. The molecule has 1 fully saturated rings. The van der Waals surface area contributed by atoms with E-state index in [0.29, 0.717) is 10.6 Å². The maximum atomic E-state index is 15.5. The van der Waals surface area contributed by atoms with Gasteiger partial charge in [0.05, 0.1) is 12.6 Å². The first kappa shape index (κ1) is 33.7. The molecule has 0 aliphatic carbocycles. The van der Waals surface area contributed by atoms with E-state index in [-0.39, 0.29) is 65.0 Å². The number of hydrogen-bond donors (Lipinski definition) is 2. The van der Waals surface area contributed by atoms with Crippen molar-refractivity contribution in [2.45, 2.75) is 59.8 Å². The number of thiazole rings is 1. The van der Waals surface area contributed by atoms with Gasteiger partial charge in [-0.05, 0) is 11.6 Å². The number of nitrogens with two attached hydrogens (primary N) is 1. The van der Waals surface area contributed by atoms with Crippen molar-refractivity contribution in [3.63, 3.8) is 0 Å². The normalized spacial score (nSPS) is 16.4. The molecule has 0 saturated carbocycles. The number of benzene rings is 2. The zero-order valence-electron chi connectivity index (χ0n) is 24.1. The number of hydrogen-bond acceptors (Lipinski definition) is 7. The lowest BCUT2D eigenvalue weighted by Gasteiger charge is -2.23. The molecule has 0 spiro atoms. The smallest absolute Gasteiger partial charge is 0.270 e. The third-order valence-corrected chi connectivity index (χ3v) is 8.56. The molecule has 1 saturated heterocycles. The van der Waals surface area contributed by atoms with Gasteiger partial charge in [-0.1, -0.05) is 87.5 Å². The van der Waals surface area contributed by atoms with Crippen molar-refractivity contribution in [1.29, 1.82) is 0 Å². The minimum Gasteiger partial charge on any atom is -0.364 e. The van der Waals surface area contributed by atoms with Crippen molar-refractivity contribution in [2.75, 3.05) is 11.9 Å². The van der Waals surface area contributed by atoms with Gasteiger partial charge in [-0.3, -0.25) is 19.2 Å². The fourth-order valence-electron chi connectivity index (χ4n) is 4.96. The molecule has 238 valence electrons. The Labute approximate surface area is 267 Å². The van der Waals surface area contributed by atoms with E-state index in [9.17, 15) is 23.6 Å². The van der Waals surface area contributed by atoms with E-state index in [1.807, 2.05) is 0 Å². The van der Waals surface area contributed by atoms with E-state index in [1.54, 1.807) is 57.2 Å². The zero-order valence-corrected chi connectivity index (χ0v) is 25.6. The number of amides is 3. The maximum Gasteiger partial charge on any atom is 0.270 e. The van der Waals surface area contributed by atoms with Gasteiger partial charge in [0.2, 0.25) is 11.8 Å². The molecule has 2 atom stereocenters. The van der Waals surface area contributed by atoms with E-state index >= 15 is 4.39 Å². The number of ketones is 1. The Balaban J connectivity index is 0.00000461. The second-order valence-corrected chi connectivity index (χ2v) is 12.9. The molecular weight excluding hydrogens is 626 g/mol. The first-order chi connectivity index (χ1) is 20.7. The molecule has 1 aliphatic heterocycles. The van der Waals surface area contributed by atoms with Crippen LogP contribution in [0.25, 0.3) is 21.5 Å². The SMILES string of the molecule is C.CC(C)(C)C(=O)Nc1nc2c(s1)c(C(N)=O)nn2CC(=O)N1C[C@H](F)C[C@H]1C(=O)Cc1cccc(-c2ccccc2Cl)c1F. The molecule has 4 aromatic rings. The van der Waals surface area contributed by atoms with Crippen LogP contribution in [-0.4, -0.2) is 61.9 Å². The molecule has 45 heavy (non-hydrogen) atoms. The van der Waals surface area contributed by atoms with Crippen LogP contribution in [0.1, 0.15) is 50.7 Å². The molecule has 0 bridgehead atoms. The Morgan fingerprint density at radius 2 is 1.80 bits per heavy atom. The van der Waals surface area contributed by atoms with E-state index in [0.717, 1.165) is 20.9 Å². The van der Waals surface area contributed by atoms with Crippen LogP contribution in [0.2, 0.25) is 5.02 Å². The molecule has 0 radical (unpaired) electrons. The number of primary amides is 1. The number of likely N-dealkylation sites (tertiary alicyclic amines) is 1. The largest absolute Gasteiger partial charge is 0.364 e. The van der Waals surface area contributed by atoms with Crippen molar-refractivity contribution in [3.05, 3.63) is 64.6 Å². The number of alkyl halides is 1. The monoisotopic (exact) mass is 658 g/mol. The van der Waals surface area contributed by atoms with E-state index in [1.165, 1.54) is 6.07 Å². The molecule has 10 nitrogen and oxygen atoms in total. The number of fused-ring (bicyclic) bond motifs is 1. The molecule has 0 unspecified atom stereocenters. The summed E-state index contributed by atoms with van der Waals surface area (Å²) < 4.78 is 31.6. The Morgan fingerprint density at radius 3 is 2.47 bits per heavy atom. The van der Waals surface area contributed by atoms with Crippen molar-refractivity contribution in [1.82, 2.24) is 19.7 Å². The third-order valence-electron chi connectivity index (χ3n) is 7.26. The Hall–Kier alpha value is -4.23. The Bertz CT molecular complexity index is 1800. The highest BCUT2D eigenvalue weighted by Crippen LogP contribution is 2.33. The van der Waals surface area contributed by atoms with Gasteiger partial charge in [0.25, 0.3) is 5.91 Å². The summed E-state index contributed by atoms with van der Waals surface area (Å²) >= 11 is 7.23. The van der Waals surface area contributed by atoms with Crippen LogP contribution >= 0.6 is 22.9 Å². The fourth-order valence-corrected chi connectivity index (χ4v) is 6.15. The minimum atomic E-state index is -1.47. The van der Waals surface area contributed by atoms with Crippen LogP contribution in [0, 0.1) is 11.2 Å².